The third-order valence-electron chi connectivity index (χ3n) is 10.1. The topological polar surface area (TPSA) is 94.1 Å². The SMILES string of the molecule is CCCCCCCCCCCCCCCCOC[C@@H]1OC(C)(CCCS(=O)(=O)[O-])O[C@H]1COCCCCCCCCCCCCCCCC.[Na+]. The molecule has 1 rings (SSSR count). The summed E-state index contributed by atoms with van der Waals surface area (Å²) < 4.78 is 57.9. The van der Waals surface area contributed by atoms with Crippen molar-refractivity contribution in [3.8, 4) is 0 Å². The molecule has 1 heterocycles. The number of hydrogen-bond acceptors (Lipinski definition) is 7. The molecule has 0 aromatic rings. The summed E-state index contributed by atoms with van der Waals surface area (Å²) >= 11 is 0. The maximum Gasteiger partial charge on any atom is 1.00 e. The summed E-state index contributed by atoms with van der Waals surface area (Å²) in [5.74, 6) is -1.34. The van der Waals surface area contributed by atoms with Crippen LogP contribution in [0.3, 0.4) is 0 Å². The third-order valence-corrected chi connectivity index (χ3v) is 10.9. The number of ether oxygens (including phenoxy) is 4. The summed E-state index contributed by atoms with van der Waals surface area (Å²) in [7, 11) is -4.26. The fourth-order valence-corrected chi connectivity index (χ4v) is 7.48. The summed E-state index contributed by atoms with van der Waals surface area (Å²) in [6, 6.07) is 0. The van der Waals surface area contributed by atoms with Gasteiger partial charge in [0.25, 0.3) is 0 Å². The average Bonchev–Trinajstić information content (AvgIpc) is 3.38. The van der Waals surface area contributed by atoms with Crippen LogP contribution in [0.15, 0.2) is 0 Å². The molecule has 2 atom stereocenters. The van der Waals surface area contributed by atoms with Gasteiger partial charge in [0, 0.05) is 25.4 Å². The van der Waals surface area contributed by atoms with Crippen LogP contribution in [0.2, 0.25) is 0 Å². The van der Waals surface area contributed by atoms with Gasteiger partial charge in [-0.25, -0.2) is 8.42 Å². The Bertz CT molecular complexity index is 769. The van der Waals surface area contributed by atoms with Crippen molar-refractivity contribution in [1.29, 1.82) is 0 Å². The van der Waals surface area contributed by atoms with Crippen LogP contribution in [0.5, 0.6) is 0 Å². The van der Waals surface area contributed by atoms with Gasteiger partial charge in [0.1, 0.15) is 12.2 Å². The first-order chi connectivity index (χ1) is 23.8. The van der Waals surface area contributed by atoms with Crippen molar-refractivity contribution in [2.24, 2.45) is 0 Å². The van der Waals surface area contributed by atoms with E-state index >= 15 is 0 Å². The summed E-state index contributed by atoms with van der Waals surface area (Å²) in [5, 5.41) is 0. The minimum Gasteiger partial charge on any atom is -0.748 e. The molecule has 294 valence electrons. The number of rotatable bonds is 38. The molecule has 1 saturated heterocycles. The largest absolute Gasteiger partial charge is 1.00 e. The van der Waals surface area contributed by atoms with Crippen molar-refractivity contribution in [1.82, 2.24) is 0 Å². The molecule has 0 bridgehead atoms. The summed E-state index contributed by atoms with van der Waals surface area (Å²) in [6.45, 7) is 8.65. The van der Waals surface area contributed by atoms with Crippen LogP contribution in [-0.4, -0.2) is 63.1 Å². The van der Waals surface area contributed by atoms with Crippen LogP contribution in [0.4, 0.5) is 0 Å². The van der Waals surface area contributed by atoms with Gasteiger partial charge in [0.15, 0.2) is 5.79 Å². The van der Waals surface area contributed by atoms with Crippen molar-refractivity contribution in [3.05, 3.63) is 0 Å². The van der Waals surface area contributed by atoms with E-state index in [0.717, 1.165) is 12.8 Å². The van der Waals surface area contributed by atoms with Crippen LogP contribution in [0.1, 0.15) is 213 Å². The molecular formula is C41H81NaO7S. The summed E-state index contributed by atoms with van der Waals surface area (Å²) in [5.41, 5.74) is 0. The molecule has 1 fully saturated rings. The normalized spacial score (nSPS) is 17.4. The van der Waals surface area contributed by atoms with Crippen molar-refractivity contribution >= 4 is 10.1 Å². The van der Waals surface area contributed by atoms with E-state index in [1.54, 1.807) is 0 Å². The molecule has 0 aliphatic carbocycles. The van der Waals surface area contributed by atoms with Crippen LogP contribution in [-0.2, 0) is 29.1 Å². The Kier molecular flexibility index (Phi) is 36.0. The molecule has 50 heavy (non-hydrogen) atoms. The standard InChI is InChI=1S/C41H82O7S.Na/c1-4-6-8-10-12-14-16-18-20-22-24-26-28-30-34-45-37-39-40(48-41(3,47-39)33-32-36-49(42,43)44)38-46-35-31-29-27-25-23-21-19-17-15-13-11-9-7-5-2;/h39-40H,4-38H2,1-3H3,(H,42,43,44);/q;+1/p-1/t39-,40-;/m0./s1. The second-order valence-corrected chi connectivity index (χ2v) is 16.7. The molecule has 9 heteroatoms. The van der Waals surface area contributed by atoms with Crippen LogP contribution in [0, 0.1) is 0 Å². The first-order valence-electron chi connectivity index (χ1n) is 21.2. The first kappa shape index (κ1) is 50.8. The number of unbranched alkanes of at least 4 members (excludes halogenated alkanes) is 26. The Balaban J connectivity index is 0.0000240. The fourth-order valence-electron chi connectivity index (χ4n) is 6.99. The van der Waals surface area contributed by atoms with E-state index < -0.39 is 21.7 Å². The minimum atomic E-state index is -4.26. The van der Waals surface area contributed by atoms with Gasteiger partial charge in [-0.2, -0.15) is 0 Å². The maximum absolute atomic E-state index is 11.1. The van der Waals surface area contributed by atoms with E-state index in [9.17, 15) is 13.0 Å². The Morgan fingerprint density at radius 1 is 0.500 bits per heavy atom. The monoisotopic (exact) mass is 741 g/mol. The smallest absolute Gasteiger partial charge is 0.748 e. The molecule has 0 aromatic carbocycles. The van der Waals surface area contributed by atoms with E-state index in [2.05, 4.69) is 13.8 Å². The van der Waals surface area contributed by atoms with Crippen molar-refractivity contribution in [3.63, 3.8) is 0 Å². The Hall–Kier alpha value is 0.750. The predicted molar refractivity (Wildman–Crippen MR) is 204 cm³/mol. The van der Waals surface area contributed by atoms with E-state index in [-0.39, 0.29) is 48.2 Å². The van der Waals surface area contributed by atoms with E-state index in [1.807, 2.05) is 6.92 Å². The molecule has 1 aliphatic heterocycles. The molecule has 0 saturated carbocycles. The van der Waals surface area contributed by atoms with E-state index in [4.69, 9.17) is 18.9 Å². The van der Waals surface area contributed by atoms with Gasteiger partial charge < -0.3 is 23.5 Å². The quantitative estimate of drug-likeness (QED) is 0.0355. The van der Waals surface area contributed by atoms with Crippen molar-refractivity contribution in [2.45, 2.75) is 231 Å². The average molecular weight is 741 g/mol. The van der Waals surface area contributed by atoms with E-state index in [1.165, 1.54) is 167 Å². The van der Waals surface area contributed by atoms with Crippen LogP contribution in [0.25, 0.3) is 0 Å². The zero-order chi connectivity index (χ0) is 35.7. The summed E-state index contributed by atoms with van der Waals surface area (Å²) in [4.78, 5) is 0. The molecule has 0 aromatic heterocycles. The van der Waals surface area contributed by atoms with Crippen molar-refractivity contribution in [2.75, 3.05) is 32.2 Å². The maximum atomic E-state index is 11.1. The predicted octanol–water partition coefficient (Wildman–Crippen LogP) is 8.81. The Morgan fingerprint density at radius 2 is 0.780 bits per heavy atom. The molecule has 0 unspecified atom stereocenters. The zero-order valence-corrected chi connectivity index (χ0v) is 36.5. The minimum absolute atomic E-state index is 0. The molecule has 0 amide bonds. The van der Waals surface area contributed by atoms with Gasteiger partial charge in [-0.05, 0) is 26.2 Å². The van der Waals surface area contributed by atoms with Crippen LogP contribution < -0.4 is 29.6 Å². The molecule has 0 radical (unpaired) electrons. The zero-order valence-electron chi connectivity index (χ0n) is 33.7. The van der Waals surface area contributed by atoms with Crippen LogP contribution >= 0.6 is 0 Å². The Labute approximate surface area is 333 Å². The van der Waals surface area contributed by atoms with Gasteiger partial charge >= 0.3 is 29.6 Å². The molecule has 0 spiro atoms. The second-order valence-electron chi connectivity index (χ2n) is 15.2. The molecule has 0 N–H and O–H groups in total. The number of hydrogen-bond donors (Lipinski definition) is 0. The van der Waals surface area contributed by atoms with Gasteiger partial charge in [-0.3, -0.25) is 0 Å². The van der Waals surface area contributed by atoms with Gasteiger partial charge in [0.05, 0.1) is 23.3 Å². The van der Waals surface area contributed by atoms with Gasteiger partial charge in [-0.15, -0.1) is 0 Å². The molecular weight excluding hydrogens is 660 g/mol. The fraction of sp³-hybridized carbons (Fsp3) is 1.00. The Morgan fingerprint density at radius 3 is 1.06 bits per heavy atom. The molecule has 7 nitrogen and oxygen atoms in total. The van der Waals surface area contributed by atoms with E-state index in [0.29, 0.717) is 32.8 Å². The molecule has 1 aliphatic rings. The second kappa shape index (κ2) is 35.5. The third kappa shape index (κ3) is 32.2. The summed E-state index contributed by atoms with van der Waals surface area (Å²) in [6.07, 6.45) is 37.4. The van der Waals surface area contributed by atoms with Gasteiger partial charge in [-0.1, -0.05) is 181 Å². The van der Waals surface area contributed by atoms with Crippen molar-refractivity contribution < 1.29 is 61.5 Å². The first-order valence-corrected chi connectivity index (χ1v) is 22.8. The van der Waals surface area contributed by atoms with Gasteiger partial charge in [0.2, 0.25) is 0 Å².